The van der Waals surface area contributed by atoms with Crippen molar-refractivity contribution >= 4 is 6.03 Å². The summed E-state index contributed by atoms with van der Waals surface area (Å²) in [6.45, 7) is 1.09. The van der Waals surface area contributed by atoms with E-state index in [2.05, 4.69) is 10.6 Å². The van der Waals surface area contributed by atoms with Gasteiger partial charge in [0.25, 0.3) is 0 Å². The molecule has 14 heavy (non-hydrogen) atoms. The summed E-state index contributed by atoms with van der Waals surface area (Å²) in [4.78, 5) is 11.3. The first-order chi connectivity index (χ1) is 6.58. The summed E-state index contributed by atoms with van der Waals surface area (Å²) in [5, 5.41) is 5.69. The lowest BCUT2D eigenvalue weighted by Gasteiger charge is -2.68. The lowest BCUT2D eigenvalue weighted by molar-refractivity contribution is -0.0690. The predicted octanol–water partition coefficient (Wildman–Crippen LogP) is -0.434. The summed E-state index contributed by atoms with van der Waals surface area (Å²) in [7, 11) is 1.61. The molecule has 0 unspecified atom stereocenters. The van der Waals surface area contributed by atoms with Crippen LogP contribution in [0.3, 0.4) is 0 Å². The zero-order valence-electron chi connectivity index (χ0n) is 8.43. The molecule has 3 saturated carbocycles. The molecule has 3 fully saturated rings. The molecule has 0 heterocycles. The molecule has 0 atom stereocenters. The second-order valence-corrected chi connectivity index (χ2v) is 4.55. The minimum Gasteiger partial charge on any atom is -0.383 e. The van der Waals surface area contributed by atoms with Gasteiger partial charge in [-0.1, -0.05) is 0 Å². The molecule has 5 heteroatoms. The van der Waals surface area contributed by atoms with Crippen molar-refractivity contribution < 1.29 is 9.53 Å². The van der Waals surface area contributed by atoms with Gasteiger partial charge in [-0.05, 0) is 19.3 Å². The molecule has 3 rings (SSSR count). The van der Waals surface area contributed by atoms with E-state index in [0.717, 1.165) is 19.3 Å². The summed E-state index contributed by atoms with van der Waals surface area (Å²) in [5.74, 6) is 0. The molecule has 3 aliphatic rings. The van der Waals surface area contributed by atoms with Gasteiger partial charge in [-0.3, -0.25) is 0 Å². The van der Waals surface area contributed by atoms with E-state index >= 15 is 0 Å². The Labute approximate surface area is 83.4 Å². The summed E-state index contributed by atoms with van der Waals surface area (Å²) >= 11 is 0. The minimum absolute atomic E-state index is 0.0197. The summed E-state index contributed by atoms with van der Waals surface area (Å²) < 4.78 is 4.83. The average Bonchev–Trinajstić information content (AvgIpc) is 2.00. The van der Waals surface area contributed by atoms with Crippen LogP contribution in [0.2, 0.25) is 0 Å². The molecule has 0 radical (unpaired) electrons. The third-order valence-corrected chi connectivity index (χ3v) is 3.04. The van der Waals surface area contributed by atoms with Gasteiger partial charge in [0.15, 0.2) is 0 Å². The van der Waals surface area contributed by atoms with Crippen LogP contribution in [0.15, 0.2) is 0 Å². The van der Waals surface area contributed by atoms with Crippen LogP contribution in [0, 0.1) is 0 Å². The highest BCUT2D eigenvalue weighted by atomic mass is 16.5. The molecular formula is C9H17N3O2. The van der Waals surface area contributed by atoms with Gasteiger partial charge in [0.2, 0.25) is 0 Å². The molecule has 0 aromatic rings. The second-order valence-electron chi connectivity index (χ2n) is 4.55. The first-order valence-electron chi connectivity index (χ1n) is 4.91. The molecule has 5 nitrogen and oxygen atoms in total. The second kappa shape index (κ2) is 3.10. The Morgan fingerprint density at radius 1 is 1.50 bits per heavy atom. The van der Waals surface area contributed by atoms with Crippen LogP contribution in [0.4, 0.5) is 4.79 Å². The van der Waals surface area contributed by atoms with E-state index in [1.807, 2.05) is 0 Å². The van der Waals surface area contributed by atoms with Crippen molar-refractivity contribution in [2.24, 2.45) is 5.73 Å². The molecular weight excluding hydrogens is 182 g/mol. The predicted molar refractivity (Wildman–Crippen MR) is 51.9 cm³/mol. The SMILES string of the molecule is COCCNC(=O)NC12CC(N)(C1)C2. The number of hydrogen-bond donors (Lipinski definition) is 3. The smallest absolute Gasteiger partial charge is 0.315 e. The Hall–Kier alpha value is -0.810. The number of carbonyl (C=O) groups excluding carboxylic acids is 1. The Balaban J connectivity index is 1.64. The van der Waals surface area contributed by atoms with Crippen molar-refractivity contribution in [2.45, 2.75) is 30.3 Å². The van der Waals surface area contributed by atoms with Crippen LogP contribution in [0.5, 0.6) is 0 Å². The fourth-order valence-corrected chi connectivity index (χ4v) is 2.55. The van der Waals surface area contributed by atoms with Crippen LogP contribution < -0.4 is 16.4 Å². The van der Waals surface area contributed by atoms with Gasteiger partial charge in [0, 0.05) is 24.7 Å². The molecule has 0 spiro atoms. The number of rotatable bonds is 4. The number of urea groups is 1. The minimum atomic E-state index is -0.108. The van der Waals surface area contributed by atoms with Crippen molar-refractivity contribution in [3.05, 3.63) is 0 Å². The quantitative estimate of drug-likeness (QED) is 0.537. The number of hydrogen-bond acceptors (Lipinski definition) is 3. The highest BCUT2D eigenvalue weighted by Crippen LogP contribution is 2.58. The highest BCUT2D eigenvalue weighted by Gasteiger charge is 2.66. The van der Waals surface area contributed by atoms with Crippen molar-refractivity contribution in [3.8, 4) is 0 Å². The van der Waals surface area contributed by atoms with E-state index in [4.69, 9.17) is 10.5 Å². The normalized spacial score (nSPS) is 38.1. The molecule has 2 bridgehead atoms. The van der Waals surface area contributed by atoms with E-state index in [1.54, 1.807) is 7.11 Å². The largest absolute Gasteiger partial charge is 0.383 e. The first kappa shape index (κ1) is 9.73. The highest BCUT2D eigenvalue weighted by molar-refractivity contribution is 5.75. The van der Waals surface area contributed by atoms with Gasteiger partial charge in [0.1, 0.15) is 0 Å². The van der Waals surface area contributed by atoms with Gasteiger partial charge >= 0.3 is 6.03 Å². The van der Waals surface area contributed by atoms with E-state index in [0.29, 0.717) is 13.2 Å². The van der Waals surface area contributed by atoms with Crippen molar-refractivity contribution in [1.82, 2.24) is 10.6 Å². The Bertz CT molecular complexity index is 235. The number of nitrogens with one attached hydrogen (secondary N) is 2. The van der Waals surface area contributed by atoms with E-state index < -0.39 is 0 Å². The van der Waals surface area contributed by atoms with Gasteiger partial charge in [-0.15, -0.1) is 0 Å². The zero-order valence-corrected chi connectivity index (χ0v) is 8.43. The average molecular weight is 199 g/mol. The van der Waals surface area contributed by atoms with Crippen molar-refractivity contribution in [2.75, 3.05) is 20.3 Å². The number of methoxy groups -OCH3 is 1. The Kier molecular flexibility index (Phi) is 2.16. The van der Waals surface area contributed by atoms with Crippen LogP contribution in [0.25, 0.3) is 0 Å². The van der Waals surface area contributed by atoms with Gasteiger partial charge in [-0.2, -0.15) is 0 Å². The maximum atomic E-state index is 11.3. The topological polar surface area (TPSA) is 76.4 Å². The maximum Gasteiger partial charge on any atom is 0.315 e. The number of nitrogens with two attached hydrogens (primary N) is 1. The third kappa shape index (κ3) is 1.57. The van der Waals surface area contributed by atoms with Gasteiger partial charge in [0.05, 0.1) is 6.61 Å². The number of amides is 2. The van der Waals surface area contributed by atoms with E-state index in [1.165, 1.54) is 0 Å². The molecule has 2 amide bonds. The fourth-order valence-electron chi connectivity index (χ4n) is 2.55. The number of ether oxygens (including phenoxy) is 1. The zero-order chi connectivity index (χ0) is 10.2. The summed E-state index contributed by atoms with van der Waals surface area (Å²) in [6.07, 6.45) is 2.78. The Morgan fingerprint density at radius 2 is 2.14 bits per heavy atom. The summed E-state index contributed by atoms with van der Waals surface area (Å²) in [6, 6.07) is -0.108. The van der Waals surface area contributed by atoms with E-state index in [9.17, 15) is 4.79 Å². The summed E-state index contributed by atoms with van der Waals surface area (Å²) in [5.41, 5.74) is 5.94. The van der Waals surface area contributed by atoms with Crippen LogP contribution in [0.1, 0.15) is 19.3 Å². The molecule has 0 aliphatic heterocycles. The van der Waals surface area contributed by atoms with Crippen LogP contribution >= 0.6 is 0 Å². The molecule has 80 valence electrons. The first-order valence-corrected chi connectivity index (χ1v) is 4.91. The van der Waals surface area contributed by atoms with Crippen LogP contribution in [-0.4, -0.2) is 37.4 Å². The number of carbonyl (C=O) groups is 1. The maximum absolute atomic E-state index is 11.3. The standard InChI is InChI=1S/C9H17N3O2/c1-14-3-2-11-7(13)12-9-4-8(10,5-9)6-9/h2-6,10H2,1H3,(H2,11,12,13). The van der Waals surface area contributed by atoms with E-state index in [-0.39, 0.29) is 17.1 Å². The fraction of sp³-hybridized carbons (Fsp3) is 0.889. The van der Waals surface area contributed by atoms with Gasteiger partial charge < -0.3 is 21.1 Å². The molecule has 3 aliphatic carbocycles. The molecule has 0 saturated heterocycles. The third-order valence-electron chi connectivity index (χ3n) is 3.04. The Morgan fingerprint density at radius 3 is 2.64 bits per heavy atom. The van der Waals surface area contributed by atoms with Crippen LogP contribution in [-0.2, 0) is 4.74 Å². The van der Waals surface area contributed by atoms with Crippen molar-refractivity contribution in [1.29, 1.82) is 0 Å². The van der Waals surface area contributed by atoms with Crippen molar-refractivity contribution in [3.63, 3.8) is 0 Å². The van der Waals surface area contributed by atoms with Gasteiger partial charge in [-0.25, -0.2) is 4.79 Å². The lowest BCUT2D eigenvalue weighted by atomic mass is 9.45. The molecule has 0 aromatic carbocycles. The lowest BCUT2D eigenvalue weighted by Crippen LogP contribution is -2.82. The molecule has 0 aromatic heterocycles. The molecule has 4 N–H and O–H groups in total. The monoisotopic (exact) mass is 199 g/mol.